The Morgan fingerprint density at radius 1 is 1.22 bits per heavy atom. The van der Waals surface area contributed by atoms with Crippen molar-refractivity contribution in [2.24, 2.45) is 11.8 Å². The molecule has 0 spiro atoms. The summed E-state index contributed by atoms with van der Waals surface area (Å²) in [6, 6.07) is 5.47. The van der Waals surface area contributed by atoms with E-state index in [0.29, 0.717) is 17.4 Å². The predicted octanol–water partition coefficient (Wildman–Crippen LogP) is 3.39. The first-order valence-corrected chi connectivity index (χ1v) is 8.47. The fourth-order valence-corrected chi connectivity index (χ4v) is 3.97. The third-order valence-corrected chi connectivity index (χ3v) is 5.25. The molecule has 1 saturated carbocycles. The predicted molar refractivity (Wildman–Crippen MR) is 85.7 cm³/mol. The van der Waals surface area contributed by atoms with Crippen LogP contribution in [-0.2, 0) is 0 Å². The summed E-state index contributed by atoms with van der Waals surface area (Å²) in [4.78, 5) is 18.7. The summed E-state index contributed by atoms with van der Waals surface area (Å²) in [5.41, 5.74) is 1.24. The molecule has 1 aliphatic heterocycles. The lowest BCUT2D eigenvalue weighted by atomic mass is 9.75. The van der Waals surface area contributed by atoms with Crippen LogP contribution in [0.5, 0.6) is 0 Å². The van der Waals surface area contributed by atoms with Gasteiger partial charge in [0.15, 0.2) is 11.5 Å². The lowest BCUT2D eigenvalue weighted by Crippen LogP contribution is -2.44. The molecule has 1 aliphatic carbocycles. The first-order chi connectivity index (χ1) is 11.3. The number of pyridine rings is 1. The number of aromatic nitrogens is 2. The SMILES string of the molecule is O=C(c1cc(-c2cccnc2)on1)N1CC[C@H]2CCCC[C@H]2C1. The minimum Gasteiger partial charge on any atom is -0.355 e. The Bertz CT molecular complexity index is 683. The summed E-state index contributed by atoms with van der Waals surface area (Å²) >= 11 is 0. The standard InChI is InChI=1S/C18H21N3O2/c22-18(21-9-7-13-4-1-2-5-15(13)12-21)16-10-17(23-20-16)14-6-3-8-19-11-14/h3,6,8,10-11,13,15H,1-2,4-5,7,9,12H2/t13-,15+/m1/s1. The largest absolute Gasteiger partial charge is 0.355 e. The average molecular weight is 311 g/mol. The van der Waals surface area contributed by atoms with Gasteiger partial charge in [0, 0.05) is 37.1 Å². The van der Waals surface area contributed by atoms with E-state index in [0.717, 1.165) is 31.0 Å². The molecule has 5 nitrogen and oxygen atoms in total. The highest BCUT2D eigenvalue weighted by atomic mass is 16.5. The van der Waals surface area contributed by atoms with Crippen LogP contribution < -0.4 is 0 Å². The van der Waals surface area contributed by atoms with Crippen molar-refractivity contribution >= 4 is 5.91 Å². The maximum Gasteiger partial charge on any atom is 0.276 e. The Labute approximate surface area is 135 Å². The fourth-order valence-electron chi connectivity index (χ4n) is 3.97. The van der Waals surface area contributed by atoms with Crippen LogP contribution in [0, 0.1) is 11.8 Å². The normalized spacial score (nSPS) is 24.3. The number of hydrogen-bond acceptors (Lipinski definition) is 4. The van der Waals surface area contributed by atoms with Gasteiger partial charge in [-0.25, -0.2) is 0 Å². The van der Waals surface area contributed by atoms with Crippen molar-refractivity contribution < 1.29 is 9.32 Å². The zero-order valence-corrected chi connectivity index (χ0v) is 13.1. The Morgan fingerprint density at radius 3 is 2.91 bits per heavy atom. The molecule has 2 fully saturated rings. The lowest BCUT2D eigenvalue weighted by molar-refractivity contribution is 0.0512. The molecule has 2 aromatic heterocycles. The van der Waals surface area contributed by atoms with E-state index in [-0.39, 0.29) is 5.91 Å². The molecule has 0 N–H and O–H groups in total. The van der Waals surface area contributed by atoms with Crippen molar-refractivity contribution in [1.29, 1.82) is 0 Å². The van der Waals surface area contributed by atoms with Crippen molar-refractivity contribution in [2.45, 2.75) is 32.1 Å². The third-order valence-electron chi connectivity index (χ3n) is 5.25. The van der Waals surface area contributed by atoms with Gasteiger partial charge in [0.05, 0.1) is 0 Å². The van der Waals surface area contributed by atoms with E-state index in [9.17, 15) is 4.79 Å². The second-order valence-corrected chi connectivity index (χ2v) is 6.66. The number of nitrogens with zero attached hydrogens (tertiary/aromatic N) is 3. The zero-order valence-electron chi connectivity index (χ0n) is 13.1. The molecule has 23 heavy (non-hydrogen) atoms. The van der Waals surface area contributed by atoms with Crippen molar-refractivity contribution in [2.75, 3.05) is 13.1 Å². The van der Waals surface area contributed by atoms with Crippen LogP contribution in [0.3, 0.4) is 0 Å². The Morgan fingerprint density at radius 2 is 2.09 bits per heavy atom. The monoisotopic (exact) mass is 311 g/mol. The van der Waals surface area contributed by atoms with E-state index in [1.54, 1.807) is 18.5 Å². The van der Waals surface area contributed by atoms with Crippen LogP contribution in [-0.4, -0.2) is 34.0 Å². The van der Waals surface area contributed by atoms with Gasteiger partial charge in [-0.3, -0.25) is 9.78 Å². The van der Waals surface area contributed by atoms with Crippen molar-refractivity contribution in [1.82, 2.24) is 15.0 Å². The van der Waals surface area contributed by atoms with Crippen molar-refractivity contribution in [3.8, 4) is 11.3 Å². The van der Waals surface area contributed by atoms with Gasteiger partial charge in [-0.2, -0.15) is 0 Å². The number of hydrogen-bond donors (Lipinski definition) is 0. The van der Waals surface area contributed by atoms with E-state index >= 15 is 0 Å². The van der Waals surface area contributed by atoms with Gasteiger partial charge in [0.25, 0.3) is 5.91 Å². The Hall–Kier alpha value is -2.17. The van der Waals surface area contributed by atoms with Crippen LogP contribution in [0.2, 0.25) is 0 Å². The highest BCUT2D eigenvalue weighted by Gasteiger charge is 2.34. The van der Waals surface area contributed by atoms with Crippen LogP contribution in [0.15, 0.2) is 35.1 Å². The van der Waals surface area contributed by atoms with Crippen LogP contribution >= 0.6 is 0 Å². The smallest absolute Gasteiger partial charge is 0.276 e. The lowest BCUT2D eigenvalue weighted by Gasteiger charge is -2.41. The molecule has 0 aromatic carbocycles. The fraction of sp³-hybridized carbons (Fsp3) is 0.500. The van der Waals surface area contributed by atoms with Gasteiger partial charge in [-0.15, -0.1) is 0 Å². The summed E-state index contributed by atoms with van der Waals surface area (Å²) in [6.45, 7) is 1.72. The van der Waals surface area contributed by atoms with Crippen molar-refractivity contribution in [3.63, 3.8) is 0 Å². The van der Waals surface area contributed by atoms with E-state index in [2.05, 4.69) is 10.1 Å². The van der Waals surface area contributed by atoms with Crippen LogP contribution in [0.25, 0.3) is 11.3 Å². The van der Waals surface area contributed by atoms with Gasteiger partial charge in [0.2, 0.25) is 0 Å². The van der Waals surface area contributed by atoms with Gasteiger partial charge in [-0.05, 0) is 36.8 Å². The summed E-state index contributed by atoms with van der Waals surface area (Å²) in [5.74, 6) is 2.07. The molecule has 2 aliphatic rings. The number of carbonyl (C=O) groups is 1. The van der Waals surface area contributed by atoms with E-state index in [4.69, 9.17) is 4.52 Å². The third kappa shape index (κ3) is 2.87. The van der Waals surface area contributed by atoms with E-state index < -0.39 is 0 Å². The van der Waals surface area contributed by atoms with Crippen molar-refractivity contribution in [3.05, 3.63) is 36.3 Å². The highest BCUT2D eigenvalue weighted by Crippen LogP contribution is 2.36. The number of likely N-dealkylation sites (tertiary alicyclic amines) is 1. The Kier molecular flexibility index (Phi) is 3.85. The topological polar surface area (TPSA) is 59.2 Å². The summed E-state index contributed by atoms with van der Waals surface area (Å²) in [7, 11) is 0. The maximum atomic E-state index is 12.7. The first kappa shape index (κ1) is 14.4. The molecule has 3 heterocycles. The maximum absolute atomic E-state index is 12.7. The van der Waals surface area contributed by atoms with Crippen LogP contribution in [0.4, 0.5) is 0 Å². The summed E-state index contributed by atoms with van der Waals surface area (Å²) < 4.78 is 5.33. The molecule has 2 aromatic rings. The number of amides is 1. The molecule has 4 rings (SSSR count). The molecule has 0 bridgehead atoms. The van der Waals surface area contributed by atoms with Crippen LogP contribution in [0.1, 0.15) is 42.6 Å². The molecule has 0 radical (unpaired) electrons. The minimum absolute atomic E-state index is 0.00656. The molecular weight excluding hydrogens is 290 g/mol. The molecule has 120 valence electrons. The zero-order chi connectivity index (χ0) is 15.6. The number of carbonyl (C=O) groups excluding carboxylic acids is 1. The van der Waals surface area contributed by atoms with Gasteiger partial charge < -0.3 is 9.42 Å². The minimum atomic E-state index is -0.00656. The summed E-state index contributed by atoms with van der Waals surface area (Å²) in [6.07, 6.45) is 9.80. The van der Waals surface area contributed by atoms with E-state index in [1.165, 1.54) is 25.7 Å². The first-order valence-electron chi connectivity index (χ1n) is 8.47. The molecule has 0 unspecified atom stereocenters. The number of piperidine rings is 1. The second-order valence-electron chi connectivity index (χ2n) is 6.66. The van der Waals surface area contributed by atoms with Gasteiger partial charge in [-0.1, -0.05) is 24.4 Å². The molecule has 1 amide bonds. The second kappa shape index (κ2) is 6.14. The van der Waals surface area contributed by atoms with Gasteiger partial charge in [0.1, 0.15) is 0 Å². The number of fused-ring (bicyclic) bond motifs is 1. The van der Waals surface area contributed by atoms with E-state index in [1.807, 2.05) is 17.0 Å². The quantitative estimate of drug-likeness (QED) is 0.853. The highest BCUT2D eigenvalue weighted by molar-refractivity contribution is 5.93. The molecule has 1 saturated heterocycles. The Balaban J connectivity index is 1.48. The summed E-state index contributed by atoms with van der Waals surface area (Å²) in [5, 5.41) is 3.98. The molecule has 5 heteroatoms. The van der Waals surface area contributed by atoms with Gasteiger partial charge >= 0.3 is 0 Å². The number of rotatable bonds is 2. The molecular formula is C18H21N3O2. The average Bonchev–Trinajstić information content (AvgIpc) is 3.11. The molecule has 2 atom stereocenters.